The van der Waals surface area contributed by atoms with Gasteiger partial charge in [-0.25, -0.2) is 9.37 Å². The molecule has 0 saturated heterocycles. The van der Waals surface area contributed by atoms with Gasteiger partial charge in [-0.05, 0) is 24.1 Å². The molecule has 4 rings (SSSR count). The van der Waals surface area contributed by atoms with Crippen molar-refractivity contribution in [2.45, 2.75) is 25.0 Å². The number of amides is 1. The number of carbonyl (C=O) groups excluding carboxylic acids is 1. The average molecular weight is 352 g/mol. The summed E-state index contributed by atoms with van der Waals surface area (Å²) in [6.07, 6.45) is 2.22. The molecule has 6 heteroatoms. The molecule has 1 N–H and O–H groups in total. The third kappa shape index (κ3) is 3.74. The van der Waals surface area contributed by atoms with Crippen LogP contribution in [0.15, 0.2) is 65.3 Å². The van der Waals surface area contributed by atoms with Crippen molar-refractivity contribution in [1.82, 2.24) is 10.3 Å². The van der Waals surface area contributed by atoms with E-state index < -0.39 is 0 Å². The zero-order valence-corrected chi connectivity index (χ0v) is 13.9. The van der Waals surface area contributed by atoms with E-state index in [4.69, 9.17) is 9.15 Å². The summed E-state index contributed by atoms with van der Waals surface area (Å²) in [6, 6.07) is 16.0. The fourth-order valence-corrected chi connectivity index (χ4v) is 2.85. The quantitative estimate of drug-likeness (QED) is 0.735. The van der Waals surface area contributed by atoms with Crippen molar-refractivity contribution in [3.8, 4) is 5.75 Å². The van der Waals surface area contributed by atoms with Crippen LogP contribution in [0.25, 0.3) is 0 Å². The molecule has 0 spiro atoms. The smallest absolute Gasteiger partial charge is 0.273 e. The molecule has 1 aliphatic rings. The molecular formula is C20H17FN2O3. The van der Waals surface area contributed by atoms with Gasteiger partial charge in [-0.15, -0.1) is 0 Å². The molecule has 1 fully saturated rings. The summed E-state index contributed by atoms with van der Waals surface area (Å²) in [7, 11) is 0. The minimum absolute atomic E-state index is 0.0206. The molecule has 132 valence electrons. The SMILES string of the molecule is O=C(N[C@@H]1C[C@H]1c1ccccc1)c1coc(COc2cccc(F)c2)n1. The van der Waals surface area contributed by atoms with Crippen LogP contribution in [0.3, 0.4) is 0 Å². The predicted molar refractivity (Wildman–Crippen MR) is 92.3 cm³/mol. The summed E-state index contributed by atoms with van der Waals surface area (Å²) in [6.45, 7) is 0.0206. The number of hydrogen-bond donors (Lipinski definition) is 1. The Balaban J connectivity index is 1.31. The Morgan fingerprint density at radius 1 is 1.23 bits per heavy atom. The van der Waals surface area contributed by atoms with E-state index in [1.807, 2.05) is 18.2 Å². The van der Waals surface area contributed by atoms with E-state index in [-0.39, 0.29) is 36.0 Å². The third-order valence-electron chi connectivity index (χ3n) is 4.28. The largest absolute Gasteiger partial charge is 0.484 e. The molecule has 26 heavy (non-hydrogen) atoms. The van der Waals surface area contributed by atoms with Crippen LogP contribution in [0, 0.1) is 5.82 Å². The number of nitrogens with one attached hydrogen (secondary N) is 1. The molecule has 2 aromatic carbocycles. The molecule has 0 bridgehead atoms. The van der Waals surface area contributed by atoms with Crippen molar-refractivity contribution in [2.24, 2.45) is 0 Å². The zero-order valence-electron chi connectivity index (χ0n) is 13.9. The number of carbonyl (C=O) groups is 1. The molecule has 0 unspecified atom stereocenters. The maximum atomic E-state index is 13.1. The van der Waals surface area contributed by atoms with Crippen molar-refractivity contribution in [3.63, 3.8) is 0 Å². The number of ether oxygens (including phenoxy) is 1. The highest BCUT2D eigenvalue weighted by Crippen LogP contribution is 2.40. The Morgan fingerprint density at radius 3 is 2.88 bits per heavy atom. The minimum Gasteiger partial charge on any atom is -0.484 e. The van der Waals surface area contributed by atoms with Gasteiger partial charge in [0.1, 0.15) is 17.8 Å². The van der Waals surface area contributed by atoms with Gasteiger partial charge in [-0.3, -0.25) is 4.79 Å². The normalized spacial score (nSPS) is 18.3. The van der Waals surface area contributed by atoms with Crippen LogP contribution in [0.5, 0.6) is 5.75 Å². The number of nitrogens with zero attached hydrogens (tertiary/aromatic N) is 1. The summed E-state index contributed by atoms with van der Waals surface area (Å²) < 4.78 is 23.8. The molecule has 0 radical (unpaired) electrons. The van der Waals surface area contributed by atoms with Gasteiger partial charge >= 0.3 is 0 Å². The average Bonchev–Trinajstić information content (AvgIpc) is 3.25. The lowest BCUT2D eigenvalue weighted by Crippen LogP contribution is -2.26. The fraction of sp³-hybridized carbons (Fsp3) is 0.200. The number of aromatic nitrogens is 1. The topological polar surface area (TPSA) is 64.4 Å². The summed E-state index contributed by atoms with van der Waals surface area (Å²) in [5.74, 6) is 0.331. The van der Waals surface area contributed by atoms with Gasteiger partial charge in [0, 0.05) is 18.0 Å². The summed E-state index contributed by atoms with van der Waals surface area (Å²) in [5, 5.41) is 2.96. The minimum atomic E-state index is -0.382. The lowest BCUT2D eigenvalue weighted by Gasteiger charge is -2.03. The molecule has 2 atom stereocenters. The van der Waals surface area contributed by atoms with Gasteiger partial charge in [-0.2, -0.15) is 0 Å². The van der Waals surface area contributed by atoms with E-state index >= 15 is 0 Å². The van der Waals surface area contributed by atoms with Crippen LogP contribution in [0.1, 0.15) is 34.3 Å². The van der Waals surface area contributed by atoms with Crippen LogP contribution < -0.4 is 10.1 Å². The predicted octanol–water partition coefficient (Wildman–Crippen LogP) is 3.68. The van der Waals surface area contributed by atoms with E-state index in [9.17, 15) is 9.18 Å². The molecular weight excluding hydrogens is 335 g/mol. The summed E-state index contributed by atoms with van der Waals surface area (Å²) >= 11 is 0. The lowest BCUT2D eigenvalue weighted by atomic mass is 10.1. The maximum Gasteiger partial charge on any atom is 0.273 e. The number of halogens is 1. The first-order chi connectivity index (χ1) is 12.7. The van der Waals surface area contributed by atoms with Crippen LogP contribution in [0.4, 0.5) is 4.39 Å². The van der Waals surface area contributed by atoms with E-state index in [1.54, 1.807) is 12.1 Å². The van der Waals surface area contributed by atoms with Gasteiger partial charge in [0.15, 0.2) is 12.3 Å². The number of oxazole rings is 1. The Hall–Kier alpha value is -3.15. The van der Waals surface area contributed by atoms with E-state index in [0.29, 0.717) is 11.7 Å². The second kappa shape index (κ2) is 7.00. The van der Waals surface area contributed by atoms with Gasteiger partial charge in [0.25, 0.3) is 5.91 Å². The molecule has 0 aliphatic heterocycles. The highest BCUT2D eigenvalue weighted by molar-refractivity contribution is 5.92. The van der Waals surface area contributed by atoms with Gasteiger partial charge in [-0.1, -0.05) is 36.4 Å². The Bertz CT molecular complexity index is 910. The monoisotopic (exact) mass is 352 g/mol. The van der Waals surface area contributed by atoms with Crippen LogP contribution in [0.2, 0.25) is 0 Å². The number of rotatable bonds is 6. The van der Waals surface area contributed by atoms with E-state index in [1.165, 1.54) is 24.0 Å². The molecule has 1 amide bonds. The van der Waals surface area contributed by atoms with E-state index in [2.05, 4.69) is 22.4 Å². The van der Waals surface area contributed by atoms with Crippen molar-refractivity contribution in [1.29, 1.82) is 0 Å². The fourth-order valence-electron chi connectivity index (χ4n) is 2.85. The standard InChI is InChI=1S/C20H17FN2O3/c21-14-7-4-8-15(9-14)25-12-19-22-18(11-26-19)20(24)23-17-10-16(17)13-5-2-1-3-6-13/h1-9,11,16-17H,10,12H2,(H,23,24)/t16-,17+/m0/s1. The van der Waals surface area contributed by atoms with Crippen molar-refractivity contribution >= 4 is 5.91 Å². The first kappa shape index (κ1) is 16.3. The van der Waals surface area contributed by atoms with Crippen LogP contribution in [-0.2, 0) is 6.61 Å². The maximum absolute atomic E-state index is 13.1. The van der Waals surface area contributed by atoms with Crippen molar-refractivity contribution < 1.29 is 18.3 Å². The molecule has 1 heterocycles. The first-order valence-electron chi connectivity index (χ1n) is 8.37. The van der Waals surface area contributed by atoms with Gasteiger partial charge < -0.3 is 14.5 Å². The number of hydrogen-bond acceptors (Lipinski definition) is 4. The molecule has 5 nitrogen and oxygen atoms in total. The van der Waals surface area contributed by atoms with Gasteiger partial charge in [0.2, 0.25) is 5.89 Å². The second-order valence-corrected chi connectivity index (χ2v) is 6.21. The Morgan fingerprint density at radius 2 is 2.08 bits per heavy atom. The lowest BCUT2D eigenvalue weighted by molar-refractivity contribution is 0.0945. The molecule has 1 saturated carbocycles. The van der Waals surface area contributed by atoms with Gasteiger partial charge in [0.05, 0.1) is 0 Å². The summed E-state index contributed by atoms with van der Waals surface area (Å²) in [4.78, 5) is 16.4. The summed E-state index contributed by atoms with van der Waals surface area (Å²) in [5.41, 5.74) is 1.43. The molecule has 1 aliphatic carbocycles. The Labute approximate surface area is 149 Å². The van der Waals surface area contributed by atoms with Crippen LogP contribution >= 0.6 is 0 Å². The highest BCUT2D eigenvalue weighted by Gasteiger charge is 2.39. The molecule has 3 aromatic rings. The highest BCUT2D eigenvalue weighted by atomic mass is 19.1. The third-order valence-corrected chi connectivity index (χ3v) is 4.28. The van der Waals surface area contributed by atoms with Crippen molar-refractivity contribution in [3.05, 3.63) is 83.8 Å². The second-order valence-electron chi connectivity index (χ2n) is 6.21. The van der Waals surface area contributed by atoms with E-state index in [0.717, 1.165) is 6.42 Å². The van der Waals surface area contributed by atoms with Crippen LogP contribution in [-0.4, -0.2) is 16.9 Å². The molecule has 1 aromatic heterocycles. The Kier molecular flexibility index (Phi) is 4.39. The zero-order chi connectivity index (χ0) is 17.9. The number of benzene rings is 2. The first-order valence-corrected chi connectivity index (χ1v) is 8.37. The van der Waals surface area contributed by atoms with Crippen molar-refractivity contribution in [2.75, 3.05) is 0 Å².